The Morgan fingerprint density at radius 3 is 2.67 bits per heavy atom. The molecule has 1 aromatic carbocycles. The van der Waals surface area contributed by atoms with E-state index in [2.05, 4.69) is 0 Å². The van der Waals surface area contributed by atoms with Crippen molar-refractivity contribution < 1.29 is 19.4 Å². The number of nitrogens with zero attached hydrogens (tertiary/aromatic N) is 1. The minimum absolute atomic E-state index is 0.162. The van der Waals surface area contributed by atoms with E-state index in [4.69, 9.17) is 9.84 Å². The Morgan fingerprint density at radius 2 is 1.95 bits per heavy atom. The highest BCUT2D eigenvalue weighted by Crippen LogP contribution is 2.21. The summed E-state index contributed by atoms with van der Waals surface area (Å²) >= 11 is 0. The number of carboxylic acid groups (broad SMARTS) is 1. The Kier molecular flexibility index (Phi) is 5.60. The van der Waals surface area contributed by atoms with Crippen molar-refractivity contribution in [2.45, 2.75) is 32.3 Å². The van der Waals surface area contributed by atoms with Crippen molar-refractivity contribution >= 4 is 12.1 Å². The standard InChI is InChI=1S/C16H21NO4/c18-15(19)11-13-7-4-9-17(10-8-13)16(20)21-12-14-5-2-1-3-6-14/h1-3,5-6,13H,4,7-12H2,(H,18,19). The summed E-state index contributed by atoms with van der Waals surface area (Å²) in [6.07, 6.45) is 2.29. The first kappa shape index (κ1) is 15.4. The molecule has 2 rings (SSSR count). The fourth-order valence-corrected chi connectivity index (χ4v) is 2.61. The van der Waals surface area contributed by atoms with Gasteiger partial charge in [-0.3, -0.25) is 4.79 Å². The summed E-state index contributed by atoms with van der Waals surface area (Å²) in [7, 11) is 0. The van der Waals surface area contributed by atoms with Gasteiger partial charge in [0, 0.05) is 19.5 Å². The molecular formula is C16H21NO4. The van der Waals surface area contributed by atoms with E-state index in [0.717, 1.165) is 24.8 Å². The summed E-state index contributed by atoms with van der Waals surface area (Å²) in [6, 6.07) is 9.57. The molecule has 0 spiro atoms. The van der Waals surface area contributed by atoms with Crippen LogP contribution in [0, 0.1) is 5.92 Å². The third-order valence-electron chi connectivity index (χ3n) is 3.77. The maximum absolute atomic E-state index is 12.0. The molecule has 0 radical (unpaired) electrons. The summed E-state index contributed by atoms with van der Waals surface area (Å²) < 4.78 is 5.31. The molecular weight excluding hydrogens is 270 g/mol. The highest BCUT2D eigenvalue weighted by Gasteiger charge is 2.22. The average molecular weight is 291 g/mol. The summed E-state index contributed by atoms with van der Waals surface area (Å²) in [4.78, 5) is 24.5. The Balaban J connectivity index is 1.79. The molecule has 5 nitrogen and oxygen atoms in total. The topological polar surface area (TPSA) is 66.8 Å². The molecule has 1 amide bonds. The normalized spacial score (nSPS) is 18.9. The molecule has 1 aromatic rings. The van der Waals surface area contributed by atoms with Crippen LogP contribution in [0.2, 0.25) is 0 Å². The van der Waals surface area contributed by atoms with Crippen LogP contribution >= 0.6 is 0 Å². The quantitative estimate of drug-likeness (QED) is 0.926. The third-order valence-corrected chi connectivity index (χ3v) is 3.77. The molecule has 1 N–H and O–H groups in total. The van der Waals surface area contributed by atoms with Crippen molar-refractivity contribution in [3.8, 4) is 0 Å². The second-order valence-electron chi connectivity index (χ2n) is 5.42. The fourth-order valence-electron chi connectivity index (χ4n) is 2.61. The molecule has 1 atom stereocenters. The fraction of sp³-hybridized carbons (Fsp3) is 0.500. The Labute approximate surface area is 124 Å². The van der Waals surface area contributed by atoms with E-state index in [-0.39, 0.29) is 25.0 Å². The van der Waals surface area contributed by atoms with Crippen LogP contribution in [0.1, 0.15) is 31.2 Å². The first-order chi connectivity index (χ1) is 10.1. The lowest BCUT2D eigenvalue weighted by molar-refractivity contribution is -0.138. The van der Waals surface area contributed by atoms with Gasteiger partial charge in [-0.1, -0.05) is 30.3 Å². The van der Waals surface area contributed by atoms with Gasteiger partial charge < -0.3 is 14.7 Å². The smallest absolute Gasteiger partial charge is 0.410 e. The van der Waals surface area contributed by atoms with Gasteiger partial charge in [0.05, 0.1) is 0 Å². The van der Waals surface area contributed by atoms with E-state index in [9.17, 15) is 9.59 Å². The molecule has 0 aliphatic carbocycles. The number of rotatable bonds is 4. The van der Waals surface area contributed by atoms with Crippen LogP contribution < -0.4 is 0 Å². The Bertz CT molecular complexity index is 474. The van der Waals surface area contributed by atoms with Gasteiger partial charge in [0.1, 0.15) is 6.61 Å². The van der Waals surface area contributed by atoms with E-state index in [1.807, 2.05) is 30.3 Å². The Hall–Kier alpha value is -2.04. The van der Waals surface area contributed by atoms with Crippen LogP contribution in [0.15, 0.2) is 30.3 Å². The first-order valence-electron chi connectivity index (χ1n) is 7.32. The highest BCUT2D eigenvalue weighted by atomic mass is 16.6. The number of hydrogen-bond donors (Lipinski definition) is 1. The second kappa shape index (κ2) is 7.67. The zero-order chi connectivity index (χ0) is 15.1. The van der Waals surface area contributed by atoms with Gasteiger partial charge in [-0.15, -0.1) is 0 Å². The number of amides is 1. The van der Waals surface area contributed by atoms with Gasteiger partial charge in [-0.2, -0.15) is 0 Å². The molecule has 0 saturated carbocycles. The zero-order valence-electron chi connectivity index (χ0n) is 12.0. The molecule has 5 heteroatoms. The maximum atomic E-state index is 12.0. The number of aliphatic carboxylic acids is 1. The number of carbonyl (C=O) groups excluding carboxylic acids is 1. The summed E-state index contributed by atoms with van der Waals surface area (Å²) in [6.45, 7) is 1.49. The van der Waals surface area contributed by atoms with Crippen LogP contribution in [0.25, 0.3) is 0 Å². The summed E-state index contributed by atoms with van der Waals surface area (Å²) in [5.41, 5.74) is 0.962. The molecule has 0 bridgehead atoms. The van der Waals surface area contributed by atoms with E-state index in [0.29, 0.717) is 13.1 Å². The van der Waals surface area contributed by atoms with Crippen LogP contribution in [-0.4, -0.2) is 35.2 Å². The number of ether oxygens (including phenoxy) is 1. The average Bonchev–Trinajstić information content (AvgIpc) is 2.71. The summed E-state index contributed by atoms with van der Waals surface area (Å²) in [5.74, 6) is -0.602. The van der Waals surface area contributed by atoms with Crippen LogP contribution in [-0.2, 0) is 16.1 Å². The van der Waals surface area contributed by atoms with E-state index in [1.54, 1.807) is 4.90 Å². The number of hydrogen-bond acceptors (Lipinski definition) is 3. The van der Waals surface area contributed by atoms with Crippen molar-refractivity contribution in [2.75, 3.05) is 13.1 Å². The lowest BCUT2D eigenvalue weighted by Crippen LogP contribution is -2.32. The molecule has 114 valence electrons. The van der Waals surface area contributed by atoms with Crippen molar-refractivity contribution in [1.82, 2.24) is 4.90 Å². The maximum Gasteiger partial charge on any atom is 0.410 e. The van der Waals surface area contributed by atoms with Crippen molar-refractivity contribution in [3.63, 3.8) is 0 Å². The number of benzene rings is 1. The largest absolute Gasteiger partial charge is 0.481 e. The summed E-state index contributed by atoms with van der Waals surface area (Å²) in [5, 5.41) is 8.84. The SMILES string of the molecule is O=C(O)CC1CCCN(C(=O)OCc2ccccc2)CC1. The van der Waals surface area contributed by atoms with Crippen LogP contribution in [0.5, 0.6) is 0 Å². The number of carbonyl (C=O) groups is 2. The van der Waals surface area contributed by atoms with Crippen molar-refractivity contribution in [3.05, 3.63) is 35.9 Å². The van der Waals surface area contributed by atoms with Gasteiger partial charge in [0.2, 0.25) is 0 Å². The van der Waals surface area contributed by atoms with Gasteiger partial charge in [-0.05, 0) is 30.7 Å². The molecule has 0 aromatic heterocycles. The molecule has 1 heterocycles. The molecule has 1 unspecified atom stereocenters. The highest BCUT2D eigenvalue weighted by molar-refractivity contribution is 5.68. The van der Waals surface area contributed by atoms with Crippen molar-refractivity contribution in [2.24, 2.45) is 5.92 Å². The number of likely N-dealkylation sites (tertiary alicyclic amines) is 1. The minimum Gasteiger partial charge on any atom is -0.481 e. The lowest BCUT2D eigenvalue weighted by atomic mass is 9.97. The number of carboxylic acids is 1. The van der Waals surface area contributed by atoms with E-state index >= 15 is 0 Å². The monoisotopic (exact) mass is 291 g/mol. The second-order valence-corrected chi connectivity index (χ2v) is 5.42. The predicted molar refractivity (Wildman–Crippen MR) is 77.8 cm³/mol. The zero-order valence-corrected chi connectivity index (χ0v) is 12.0. The first-order valence-corrected chi connectivity index (χ1v) is 7.32. The van der Waals surface area contributed by atoms with Gasteiger partial charge in [-0.25, -0.2) is 4.79 Å². The molecule has 21 heavy (non-hydrogen) atoms. The van der Waals surface area contributed by atoms with Crippen molar-refractivity contribution in [1.29, 1.82) is 0 Å². The van der Waals surface area contributed by atoms with E-state index < -0.39 is 5.97 Å². The van der Waals surface area contributed by atoms with Gasteiger partial charge in [0.25, 0.3) is 0 Å². The molecule has 1 fully saturated rings. The minimum atomic E-state index is -0.764. The molecule has 1 aliphatic heterocycles. The Morgan fingerprint density at radius 1 is 1.19 bits per heavy atom. The predicted octanol–water partition coefficient (Wildman–Crippen LogP) is 2.90. The third kappa shape index (κ3) is 5.10. The molecule has 1 aliphatic rings. The van der Waals surface area contributed by atoms with Crippen LogP contribution in [0.3, 0.4) is 0 Å². The lowest BCUT2D eigenvalue weighted by Gasteiger charge is -2.20. The van der Waals surface area contributed by atoms with Gasteiger partial charge >= 0.3 is 12.1 Å². The van der Waals surface area contributed by atoms with Gasteiger partial charge in [0.15, 0.2) is 0 Å². The van der Waals surface area contributed by atoms with E-state index in [1.165, 1.54) is 0 Å². The molecule has 1 saturated heterocycles. The van der Waals surface area contributed by atoms with Crippen LogP contribution in [0.4, 0.5) is 4.79 Å².